The molecule has 0 aromatic heterocycles. The zero-order valence-electron chi connectivity index (χ0n) is 11.3. The lowest BCUT2D eigenvalue weighted by Crippen LogP contribution is -2.47. The summed E-state index contributed by atoms with van der Waals surface area (Å²) >= 11 is 0. The van der Waals surface area contributed by atoms with E-state index in [1.54, 1.807) is 0 Å². The van der Waals surface area contributed by atoms with Gasteiger partial charge in [-0.15, -0.1) is 0 Å². The fourth-order valence-corrected chi connectivity index (χ4v) is 1.47. The molecule has 0 saturated heterocycles. The third kappa shape index (κ3) is 5.11. The van der Waals surface area contributed by atoms with E-state index < -0.39 is 29.9 Å². The smallest absolute Gasteiger partial charge is 0.328 e. The predicted octanol–water partition coefficient (Wildman–Crippen LogP) is -0.885. The number of carbonyl (C=O) groups is 3. The van der Waals surface area contributed by atoms with E-state index in [4.69, 9.17) is 15.6 Å². The quantitative estimate of drug-likeness (QED) is 0.515. The summed E-state index contributed by atoms with van der Waals surface area (Å²) < 4.78 is 5.02. The van der Waals surface area contributed by atoms with Crippen LogP contribution in [-0.2, 0) is 9.59 Å². The fourth-order valence-electron chi connectivity index (χ4n) is 1.47. The second kappa shape index (κ2) is 7.25. The van der Waals surface area contributed by atoms with E-state index in [9.17, 15) is 19.5 Å². The fraction of sp³-hybridized carbons (Fsp3) is 0.308. The third-order valence-corrected chi connectivity index (χ3v) is 2.53. The number of aliphatic hydroxyl groups is 1. The molecule has 0 aliphatic heterocycles. The van der Waals surface area contributed by atoms with Gasteiger partial charge in [-0.1, -0.05) is 0 Å². The third-order valence-electron chi connectivity index (χ3n) is 2.53. The Hall–Kier alpha value is -2.61. The molecule has 1 aromatic rings. The minimum atomic E-state index is -1.40. The zero-order valence-corrected chi connectivity index (χ0v) is 11.3. The number of carbonyl (C=O) groups excluding carboxylic acids is 2. The molecular formula is C13H16N2O6. The van der Waals surface area contributed by atoms with Gasteiger partial charge < -0.3 is 26.0 Å². The molecule has 8 nitrogen and oxygen atoms in total. The molecular weight excluding hydrogens is 280 g/mol. The maximum Gasteiger partial charge on any atom is 0.328 e. The van der Waals surface area contributed by atoms with Crippen LogP contribution in [0.5, 0.6) is 5.75 Å². The first-order chi connectivity index (χ1) is 9.81. The van der Waals surface area contributed by atoms with Crippen LogP contribution in [0.3, 0.4) is 0 Å². The summed E-state index contributed by atoms with van der Waals surface area (Å²) in [5.74, 6) is -2.27. The van der Waals surface area contributed by atoms with Gasteiger partial charge in [0, 0.05) is 5.56 Å². The first-order valence-electron chi connectivity index (χ1n) is 6.04. The molecule has 0 spiro atoms. The van der Waals surface area contributed by atoms with Crippen molar-refractivity contribution in [2.45, 2.75) is 19.1 Å². The van der Waals surface area contributed by atoms with Gasteiger partial charge in [-0.05, 0) is 31.2 Å². The highest BCUT2D eigenvalue weighted by Gasteiger charge is 2.25. The second-order valence-electron chi connectivity index (χ2n) is 4.31. The van der Waals surface area contributed by atoms with E-state index in [1.165, 1.54) is 31.2 Å². The Kier molecular flexibility index (Phi) is 5.67. The highest BCUT2D eigenvalue weighted by molar-refractivity contribution is 5.96. The van der Waals surface area contributed by atoms with Crippen molar-refractivity contribution in [1.29, 1.82) is 0 Å². The summed E-state index contributed by atoms with van der Waals surface area (Å²) in [5, 5.41) is 20.4. The van der Waals surface area contributed by atoms with Crippen molar-refractivity contribution >= 4 is 17.8 Å². The molecule has 0 aliphatic rings. The van der Waals surface area contributed by atoms with Crippen molar-refractivity contribution in [2.75, 3.05) is 6.61 Å². The van der Waals surface area contributed by atoms with Crippen LogP contribution in [0.25, 0.3) is 0 Å². The van der Waals surface area contributed by atoms with Gasteiger partial charge in [0.15, 0.2) is 12.6 Å². The van der Waals surface area contributed by atoms with Crippen LogP contribution in [0, 0.1) is 0 Å². The maximum atomic E-state index is 11.8. The Morgan fingerprint density at radius 3 is 2.29 bits per heavy atom. The van der Waals surface area contributed by atoms with Gasteiger partial charge in [-0.2, -0.15) is 0 Å². The Balaban J connectivity index is 2.70. The number of benzene rings is 1. The molecule has 0 aliphatic carbocycles. The molecule has 0 radical (unpaired) electrons. The number of carboxylic acids is 1. The lowest BCUT2D eigenvalue weighted by atomic mass is 10.1. The largest absolute Gasteiger partial charge is 0.484 e. The molecule has 2 atom stereocenters. The summed E-state index contributed by atoms with van der Waals surface area (Å²) in [6.45, 7) is 0.981. The molecule has 1 aromatic carbocycles. The number of aliphatic hydroxyl groups excluding tert-OH is 1. The van der Waals surface area contributed by atoms with Crippen molar-refractivity contribution in [3.05, 3.63) is 29.8 Å². The summed E-state index contributed by atoms with van der Waals surface area (Å²) in [7, 11) is 0. The van der Waals surface area contributed by atoms with E-state index in [2.05, 4.69) is 5.32 Å². The number of carboxylic acid groups (broad SMARTS) is 1. The summed E-state index contributed by atoms with van der Waals surface area (Å²) in [4.78, 5) is 33.3. The average molecular weight is 296 g/mol. The highest BCUT2D eigenvalue weighted by atomic mass is 16.5. The zero-order chi connectivity index (χ0) is 16.0. The number of ether oxygens (including phenoxy) is 1. The highest BCUT2D eigenvalue weighted by Crippen LogP contribution is 2.12. The van der Waals surface area contributed by atoms with Gasteiger partial charge in [-0.25, -0.2) is 4.79 Å². The van der Waals surface area contributed by atoms with Crippen LogP contribution in [0.15, 0.2) is 24.3 Å². The van der Waals surface area contributed by atoms with Crippen LogP contribution < -0.4 is 15.8 Å². The summed E-state index contributed by atoms with van der Waals surface area (Å²) in [6, 6.07) is 4.27. The van der Waals surface area contributed by atoms with Gasteiger partial charge in [0.25, 0.3) is 11.8 Å². The first-order valence-corrected chi connectivity index (χ1v) is 6.04. The molecule has 21 heavy (non-hydrogen) atoms. The number of rotatable bonds is 7. The number of nitrogens with two attached hydrogens (primary N) is 1. The van der Waals surface area contributed by atoms with Gasteiger partial charge in [0.05, 0.1) is 6.10 Å². The molecule has 114 valence electrons. The van der Waals surface area contributed by atoms with Crippen molar-refractivity contribution in [2.24, 2.45) is 5.73 Å². The van der Waals surface area contributed by atoms with Crippen LogP contribution in [-0.4, -0.2) is 46.7 Å². The van der Waals surface area contributed by atoms with Crippen molar-refractivity contribution in [3.8, 4) is 5.75 Å². The number of nitrogens with one attached hydrogen (secondary N) is 1. The predicted molar refractivity (Wildman–Crippen MR) is 71.7 cm³/mol. The molecule has 0 heterocycles. The molecule has 0 fully saturated rings. The molecule has 5 N–H and O–H groups in total. The standard InChI is InChI=1S/C13H16N2O6/c1-7(16)11(13(19)20)15-12(18)8-2-4-9(5-3-8)21-6-10(14)17/h2-5,7,11,16H,6H2,1H3,(H2,14,17)(H,15,18)(H,19,20). The van der Waals surface area contributed by atoms with E-state index >= 15 is 0 Å². The SMILES string of the molecule is CC(O)C(NC(=O)c1ccc(OCC(N)=O)cc1)C(=O)O. The molecule has 2 amide bonds. The Bertz CT molecular complexity index is 526. The minimum absolute atomic E-state index is 0.188. The second-order valence-corrected chi connectivity index (χ2v) is 4.31. The lowest BCUT2D eigenvalue weighted by Gasteiger charge is -2.17. The van der Waals surface area contributed by atoms with Crippen LogP contribution in [0.1, 0.15) is 17.3 Å². The molecule has 0 bridgehead atoms. The topological polar surface area (TPSA) is 139 Å². The number of hydrogen-bond acceptors (Lipinski definition) is 5. The first kappa shape index (κ1) is 16.4. The molecule has 1 rings (SSSR count). The Morgan fingerprint density at radius 1 is 1.29 bits per heavy atom. The van der Waals surface area contributed by atoms with Crippen LogP contribution >= 0.6 is 0 Å². The Morgan fingerprint density at radius 2 is 1.86 bits per heavy atom. The molecule has 2 unspecified atom stereocenters. The maximum absolute atomic E-state index is 11.8. The van der Waals surface area contributed by atoms with Gasteiger partial charge in [-0.3, -0.25) is 9.59 Å². The van der Waals surface area contributed by atoms with Crippen LogP contribution in [0.2, 0.25) is 0 Å². The van der Waals surface area contributed by atoms with E-state index in [1.807, 2.05) is 0 Å². The average Bonchev–Trinajstić information content (AvgIpc) is 2.42. The van der Waals surface area contributed by atoms with E-state index in [-0.39, 0.29) is 12.2 Å². The number of hydrogen-bond donors (Lipinski definition) is 4. The number of primary amides is 1. The molecule has 0 saturated carbocycles. The number of aliphatic carboxylic acids is 1. The van der Waals surface area contributed by atoms with Crippen LogP contribution in [0.4, 0.5) is 0 Å². The summed E-state index contributed by atoms with van der Waals surface area (Å²) in [5.41, 5.74) is 5.11. The van der Waals surface area contributed by atoms with E-state index in [0.717, 1.165) is 0 Å². The van der Waals surface area contributed by atoms with Gasteiger partial charge in [0.2, 0.25) is 0 Å². The van der Waals surface area contributed by atoms with Crippen molar-refractivity contribution in [1.82, 2.24) is 5.32 Å². The van der Waals surface area contributed by atoms with Crippen molar-refractivity contribution in [3.63, 3.8) is 0 Å². The van der Waals surface area contributed by atoms with Gasteiger partial charge in [0.1, 0.15) is 5.75 Å². The Labute approximate surface area is 120 Å². The van der Waals surface area contributed by atoms with Gasteiger partial charge >= 0.3 is 5.97 Å². The minimum Gasteiger partial charge on any atom is -0.484 e. The van der Waals surface area contributed by atoms with Crippen molar-refractivity contribution < 1.29 is 29.3 Å². The van der Waals surface area contributed by atoms with E-state index in [0.29, 0.717) is 5.75 Å². The normalized spacial score (nSPS) is 13.0. The number of amides is 2. The summed E-state index contributed by atoms with van der Waals surface area (Å²) in [6.07, 6.45) is -1.23. The molecule has 8 heteroatoms. The monoisotopic (exact) mass is 296 g/mol. The lowest BCUT2D eigenvalue weighted by molar-refractivity contribution is -0.141.